The first-order valence-electron chi connectivity index (χ1n) is 10.4. The minimum Gasteiger partial charge on any atom is -0.493 e. The second kappa shape index (κ2) is 9.57. The van der Waals surface area contributed by atoms with Gasteiger partial charge in [0.25, 0.3) is 0 Å². The summed E-state index contributed by atoms with van der Waals surface area (Å²) in [5.74, 6) is 1.77. The number of hydrogen-bond acceptors (Lipinski definition) is 6. The van der Waals surface area contributed by atoms with E-state index in [9.17, 15) is 0 Å². The summed E-state index contributed by atoms with van der Waals surface area (Å²) in [6.07, 6.45) is 0. The van der Waals surface area contributed by atoms with Gasteiger partial charge in [-0.3, -0.25) is 0 Å². The maximum absolute atomic E-state index is 6.52. The van der Waals surface area contributed by atoms with Crippen molar-refractivity contribution in [3.8, 4) is 23.0 Å². The summed E-state index contributed by atoms with van der Waals surface area (Å²) in [5.41, 5.74) is 4.41. The number of ether oxygens (including phenoxy) is 2. The van der Waals surface area contributed by atoms with Crippen molar-refractivity contribution < 1.29 is 13.9 Å². The van der Waals surface area contributed by atoms with Crippen LogP contribution in [0, 0.1) is 0 Å². The second-order valence-electron chi connectivity index (χ2n) is 7.40. The molecule has 0 unspecified atom stereocenters. The Hall–Kier alpha value is -3.48. The van der Waals surface area contributed by atoms with Crippen LogP contribution in [0.3, 0.4) is 0 Å². The third-order valence-corrected chi connectivity index (χ3v) is 6.26. The summed E-state index contributed by atoms with van der Waals surface area (Å²) in [5, 5.41) is 5.95. The molecule has 0 aliphatic rings. The SMILES string of the molecule is COc1cc(CNc2ccc3oc(-c4ccccc4)nc3c2)cc(Cl)c1OCc1cccs1. The molecule has 0 saturated carbocycles. The Morgan fingerprint density at radius 1 is 1.03 bits per heavy atom. The molecule has 0 amide bonds. The Balaban J connectivity index is 1.30. The topological polar surface area (TPSA) is 56.5 Å². The predicted octanol–water partition coefficient (Wildman–Crippen LogP) is 7.41. The minimum absolute atomic E-state index is 0.452. The van der Waals surface area contributed by atoms with Crippen LogP contribution in [0.1, 0.15) is 10.4 Å². The third-order valence-electron chi connectivity index (χ3n) is 5.13. The van der Waals surface area contributed by atoms with Crippen molar-refractivity contribution in [3.05, 3.63) is 93.6 Å². The van der Waals surface area contributed by atoms with Gasteiger partial charge in [0.05, 0.1) is 12.1 Å². The fourth-order valence-corrected chi connectivity index (χ4v) is 4.40. The van der Waals surface area contributed by atoms with E-state index in [4.69, 9.17) is 25.5 Å². The molecular formula is C26H21ClN2O3S. The van der Waals surface area contributed by atoms with E-state index < -0.39 is 0 Å². The molecule has 0 spiro atoms. The van der Waals surface area contributed by atoms with Gasteiger partial charge in [-0.2, -0.15) is 0 Å². The van der Waals surface area contributed by atoms with Gasteiger partial charge in [-0.05, 0) is 59.5 Å². The first-order chi connectivity index (χ1) is 16.2. The normalized spacial score (nSPS) is 11.0. The summed E-state index contributed by atoms with van der Waals surface area (Å²) < 4.78 is 17.4. The maximum Gasteiger partial charge on any atom is 0.227 e. The van der Waals surface area contributed by atoms with Crippen LogP contribution in [0.2, 0.25) is 5.02 Å². The van der Waals surface area contributed by atoms with Gasteiger partial charge in [0.2, 0.25) is 5.89 Å². The van der Waals surface area contributed by atoms with Crippen LogP contribution in [0.25, 0.3) is 22.6 Å². The van der Waals surface area contributed by atoms with Gasteiger partial charge >= 0.3 is 0 Å². The number of rotatable bonds is 8. The molecule has 0 aliphatic carbocycles. The number of hydrogen-bond donors (Lipinski definition) is 1. The molecule has 166 valence electrons. The summed E-state index contributed by atoms with van der Waals surface area (Å²) in [6, 6.07) is 23.6. The fourth-order valence-electron chi connectivity index (χ4n) is 3.50. The van der Waals surface area contributed by atoms with E-state index in [1.54, 1.807) is 18.4 Å². The Morgan fingerprint density at radius 3 is 2.70 bits per heavy atom. The summed E-state index contributed by atoms with van der Waals surface area (Å²) in [4.78, 5) is 5.75. The van der Waals surface area contributed by atoms with Crippen LogP contribution < -0.4 is 14.8 Å². The Morgan fingerprint density at radius 2 is 1.91 bits per heavy atom. The largest absolute Gasteiger partial charge is 0.493 e. The van der Waals surface area contributed by atoms with E-state index in [0.717, 1.165) is 32.8 Å². The zero-order valence-electron chi connectivity index (χ0n) is 17.9. The van der Waals surface area contributed by atoms with Crippen LogP contribution in [0.15, 0.2) is 82.6 Å². The summed E-state index contributed by atoms with van der Waals surface area (Å²) >= 11 is 8.16. The first-order valence-corrected chi connectivity index (χ1v) is 11.7. The third kappa shape index (κ3) is 4.82. The number of fused-ring (bicyclic) bond motifs is 1. The molecule has 2 aromatic heterocycles. The number of halogens is 1. The lowest BCUT2D eigenvalue weighted by Gasteiger charge is -2.14. The molecule has 33 heavy (non-hydrogen) atoms. The number of aromatic nitrogens is 1. The highest BCUT2D eigenvalue weighted by atomic mass is 35.5. The molecule has 0 atom stereocenters. The van der Waals surface area contributed by atoms with Gasteiger partial charge in [0, 0.05) is 22.7 Å². The molecule has 5 aromatic rings. The van der Waals surface area contributed by atoms with E-state index in [-0.39, 0.29) is 0 Å². The number of methoxy groups -OCH3 is 1. The molecule has 1 N–H and O–H groups in total. The van der Waals surface area contributed by atoms with Gasteiger partial charge in [0.1, 0.15) is 12.1 Å². The molecular weight excluding hydrogens is 456 g/mol. The molecule has 0 fully saturated rings. The minimum atomic E-state index is 0.452. The number of oxazole rings is 1. The van der Waals surface area contributed by atoms with E-state index in [1.165, 1.54) is 0 Å². The number of thiophene rings is 1. The van der Waals surface area contributed by atoms with Crippen LogP contribution in [0.5, 0.6) is 11.5 Å². The number of nitrogens with one attached hydrogen (secondary N) is 1. The summed E-state index contributed by atoms with van der Waals surface area (Å²) in [7, 11) is 1.61. The van der Waals surface area contributed by atoms with Crippen LogP contribution >= 0.6 is 22.9 Å². The molecule has 0 radical (unpaired) electrons. The zero-order chi connectivity index (χ0) is 22.6. The molecule has 0 saturated heterocycles. The Kier molecular flexibility index (Phi) is 6.19. The van der Waals surface area contributed by atoms with E-state index in [0.29, 0.717) is 35.6 Å². The standard InChI is InChI=1S/C26H21ClN2O3S/c1-30-24-13-17(12-21(27)25(24)31-16-20-8-5-11-33-20)15-28-19-9-10-23-22(14-19)29-26(32-23)18-6-3-2-4-7-18/h2-14,28H,15-16H2,1H3. The highest BCUT2D eigenvalue weighted by Crippen LogP contribution is 2.37. The molecule has 0 bridgehead atoms. The lowest BCUT2D eigenvalue weighted by atomic mass is 10.2. The average molecular weight is 477 g/mol. The lowest BCUT2D eigenvalue weighted by Crippen LogP contribution is -2.02. The van der Waals surface area contributed by atoms with Gasteiger partial charge in [-0.25, -0.2) is 4.98 Å². The van der Waals surface area contributed by atoms with Crippen molar-refractivity contribution in [2.24, 2.45) is 0 Å². The van der Waals surface area contributed by atoms with Gasteiger partial charge in [-0.1, -0.05) is 35.9 Å². The first kappa shape index (κ1) is 21.4. The molecule has 5 nitrogen and oxygen atoms in total. The lowest BCUT2D eigenvalue weighted by molar-refractivity contribution is 0.287. The molecule has 0 aliphatic heterocycles. The van der Waals surface area contributed by atoms with Crippen molar-refractivity contribution in [1.82, 2.24) is 4.98 Å². The van der Waals surface area contributed by atoms with Gasteiger partial charge < -0.3 is 19.2 Å². The average Bonchev–Trinajstić information content (AvgIpc) is 3.52. The highest BCUT2D eigenvalue weighted by Gasteiger charge is 2.13. The zero-order valence-corrected chi connectivity index (χ0v) is 19.5. The molecule has 5 rings (SSSR count). The van der Waals surface area contributed by atoms with Gasteiger partial charge in [0.15, 0.2) is 17.1 Å². The number of benzene rings is 3. The maximum atomic E-state index is 6.52. The molecule has 2 heterocycles. The predicted molar refractivity (Wildman–Crippen MR) is 133 cm³/mol. The van der Waals surface area contributed by atoms with Crippen LogP contribution in [-0.4, -0.2) is 12.1 Å². The van der Waals surface area contributed by atoms with Crippen molar-refractivity contribution in [1.29, 1.82) is 0 Å². The van der Waals surface area contributed by atoms with E-state index in [2.05, 4.69) is 10.3 Å². The number of anilines is 1. The fraction of sp³-hybridized carbons (Fsp3) is 0.115. The van der Waals surface area contributed by atoms with Crippen molar-refractivity contribution in [2.75, 3.05) is 12.4 Å². The molecule has 7 heteroatoms. The van der Waals surface area contributed by atoms with Crippen molar-refractivity contribution >= 4 is 39.7 Å². The second-order valence-corrected chi connectivity index (χ2v) is 8.84. The smallest absolute Gasteiger partial charge is 0.227 e. The van der Waals surface area contributed by atoms with Crippen LogP contribution in [0.4, 0.5) is 5.69 Å². The van der Waals surface area contributed by atoms with Crippen LogP contribution in [-0.2, 0) is 13.2 Å². The number of nitrogens with zero attached hydrogens (tertiary/aromatic N) is 1. The highest BCUT2D eigenvalue weighted by molar-refractivity contribution is 7.09. The summed E-state index contributed by atoms with van der Waals surface area (Å²) in [6.45, 7) is 1.02. The van der Waals surface area contributed by atoms with E-state index in [1.807, 2.05) is 78.2 Å². The Labute approximate surface area is 200 Å². The monoisotopic (exact) mass is 476 g/mol. The van der Waals surface area contributed by atoms with Crippen molar-refractivity contribution in [3.63, 3.8) is 0 Å². The van der Waals surface area contributed by atoms with E-state index >= 15 is 0 Å². The van der Waals surface area contributed by atoms with Crippen molar-refractivity contribution in [2.45, 2.75) is 13.2 Å². The quantitative estimate of drug-likeness (QED) is 0.252. The molecule has 3 aromatic carbocycles. The Bertz CT molecular complexity index is 1370. The van der Waals surface area contributed by atoms with Gasteiger partial charge in [-0.15, -0.1) is 11.3 Å².